The number of unbranched alkanes of at least 4 members (excludes halogenated alkanes) is 8. The summed E-state index contributed by atoms with van der Waals surface area (Å²) in [6, 6.07) is 0. The summed E-state index contributed by atoms with van der Waals surface area (Å²) in [5.74, 6) is -1.69. The van der Waals surface area contributed by atoms with Crippen molar-refractivity contribution in [1.29, 1.82) is 0 Å². The van der Waals surface area contributed by atoms with Crippen molar-refractivity contribution in [3.63, 3.8) is 0 Å². The molecule has 0 radical (unpaired) electrons. The van der Waals surface area contributed by atoms with Crippen LogP contribution in [-0.2, 0) is 33.3 Å². The molecule has 0 spiro atoms. The van der Waals surface area contributed by atoms with Crippen LogP contribution in [0.2, 0.25) is 0 Å². The molecule has 1 aliphatic rings. The highest BCUT2D eigenvalue weighted by atomic mass is 16.7. The van der Waals surface area contributed by atoms with Gasteiger partial charge in [-0.25, -0.2) is 0 Å². The molecule has 1 heterocycles. The first-order valence-electron chi connectivity index (χ1n) is 14.1. The topological polar surface area (TPSA) is 129 Å². The highest BCUT2D eigenvalue weighted by molar-refractivity contribution is 5.72. The third-order valence-corrected chi connectivity index (χ3v) is 6.23. The first-order valence-corrected chi connectivity index (χ1v) is 14.1. The lowest BCUT2D eigenvalue weighted by molar-refractivity contribution is -0.296. The van der Waals surface area contributed by atoms with Crippen molar-refractivity contribution in [2.75, 3.05) is 6.61 Å². The summed E-state index contributed by atoms with van der Waals surface area (Å²) in [7, 11) is 0. The minimum absolute atomic E-state index is 0.00616. The Morgan fingerprint density at radius 1 is 0.703 bits per heavy atom. The minimum atomic E-state index is -1.65. The van der Waals surface area contributed by atoms with Gasteiger partial charge in [0.05, 0.1) is 6.61 Å². The van der Waals surface area contributed by atoms with Crippen molar-refractivity contribution >= 4 is 17.9 Å². The molecule has 0 aromatic rings. The van der Waals surface area contributed by atoms with E-state index in [9.17, 15) is 24.6 Å². The fourth-order valence-corrected chi connectivity index (χ4v) is 4.30. The van der Waals surface area contributed by atoms with Gasteiger partial charge in [-0.1, -0.05) is 86.0 Å². The van der Waals surface area contributed by atoms with Crippen LogP contribution < -0.4 is 0 Å². The lowest BCUT2D eigenvalue weighted by atomic mass is 9.97. The van der Waals surface area contributed by atoms with Crippen LogP contribution in [0.25, 0.3) is 0 Å². The van der Waals surface area contributed by atoms with Gasteiger partial charge >= 0.3 is 17.9 Å². The quantitative estimate of drug-likeness (QED) is 0.150. The number of hydrogen-bond acceptors (Lipinski definition) is 9. The van der Waals surface area contributed by atoms with E-state index in [0.717, 1.165) is 19.3 Å². The molecule has 37 heavy (non-hydrogen) atoms. The van der Waals surface area contributed by atoms with E-state index in [0.29, 0.717) is 6.42 Å². The number of ether oxygens (including phenoxy) is 4. The van der Waals surface area contributed by atoms with Gasteiger partial charge in [-0.2, -0.15) is 0 Å². The van der Waals surface area contributed by atoms with Crippen molar-refractivity contribution in [3.05, 3.63) is 0 Å². The molecular weight excluding hydrogens is 480 g/mol. The predicted octanol–water partition coefficient (Wildman–Crippen LogP) is 4.44. The first-order chi connectivity index (χ1) is 17.6. The second kappa shape index (κ2) is 18.5. The number of esters is 3. The van der Waals surface area contributed by atoms with Crippen LogP contribution in [0.15, 0.2) is 0 Å². The van der Waals surface area contributed by atoms with E-state index in [1.165, 1.54) is 32.1 Å². The second-order valence-electron chi connectivity index (χ2n) is 10.9. The Hall–Kier alpha value is -1.71. The summed E-state index contributed by atoms with van der Waals surface area (Å²) in [6.45, 7) is 9.00. The largest absolute Gasteiger partial charge is 0.455 e. The van der Waals surface area contributed by atoms with Crippen LogP contribution in [0.5, 0.6) is 0 Å². The van der Waals surface area contributed by atoms with Crippen LogP contribution in [0.4, 0.5) is 0 Å². The van der Waals surface area contributed by atoms with Gasteiger partial charge in [0.15, 0.2) is 24.6 Å². The molecule has 216 valence electrons. The zero-order valence-corrected chi connectivity index (χ0v) is 23.5. The number of aliphatic hydroxyl groups is 2. The molecule has 0 aromatic carbocycles. The van der Waals surface area contributed by atoms with E-state index >= 15 is 0 Å². The molecule has 0 amide bonds. The van der Waals surface area contributed by atoms with Crippen molar-refractivity contribution in [2.45, 2.75) is 142 Å². The van der Waals surface area contributed by atoms with Crippen LogP contribution in [-0.4, -0.2) is 65.4 Å². The van der Waals surface area contributed by atoms with Crippen LogP contribution in [0, 0.1) is 11.8 Å². The lowest BCUT2D eigenvalue weighted by Crippen LogP contribution is -2.62. The third-order valence-electron chi connectivity index (χ3n) is 6.23. The summed E-state index contributed by atoms with van der Waals surface area (Å²) < 4.78 is 22.1. The average molecular weight is 531 g/mol. The molecule has 0 saturated carbocycles. The summed E-state index contributed by atoms with van der Waals surface area (Å²) in [4.78, 5) is 37.6. The Morgan fingerprint density at radius 2 is 1.16 bits per heavy atom. The molecule has 9 nitrogen and oxygen atoms in total. The number of aliphatic hydroxyl groups excluding tert-OH is 2. The van der Waals surface area contributed by atoms with Gasteiger partial charge in [-0.05, 0) is 18.3 Å². The van der Waals surface area contributed by atoms with Crippen LogP contribution in [0.3, 0.4) is 0 Å². The van der Waals surface area contributed by atoms with E-state index < -0.39 is 55.2 Å². The van der Waals surface area contributed by atoms with E-state index in [1.54, 1.807) is 0 Å². The monoisotopic (exact) mass is 530 g/mol. The first kappa shape index (κ1) is 33.3. The van der Waals surface area contributed by atoms with Gasteiger partial charge < -0.3 is 29.2 Å². The number of rotatable bonds is 18. The number of carbonyl (C=O) groups is 3. The smallest absolute Gasteiger partial charge is 0.306 e. The van der Waals surface area contributed by atoms with Gasteiger partial charge in [0.2, 0.25) is 0 Å². The molecule has 5 atom stereocenters. The van der Waals surface area contributed by atoms with E-state index in [2.05, 4.69) is 6.92 Å². The predicted molar refractivity (Wildman–Crippen MR) is 138 cm³/mol. The fraction of sp³-hybridized carbons (Fsp3) is 0.893. The van der Waals surface area contributed by atoms with Crippen LogP contribution in [0.1, 0.15) is 112 Å². The molecule has 0 bridgehead atoms. The zero-order chi connectivity index (χ0) is 27.8. The van der Waals surface area contributed by atoms with Crippen molar-refractivity contribution in [1.82, 2.24) is 0 Å². The van der Waals surface area contributed by atoms with Gasteiger partial charge in [-0.15, -0.1) is 0 Å². The molecule has 0 aliphatic carbocycles. The molecule has 1 aliphatic heterocycles. The molecule has 1 rings (SSSR count). The second-order valence-corrected chi connectivity index (χ2v) is 10.9. The Kier molecular flexibility index (Phi) is 16.7. The maximum atomic E-state index is 12.8. The standard InChI is InChI=1S/C28H50O9/c1-6-7-8-9-10-11-12-13-14-15-22(30)35-26-25(36-23(31)16-19(2)3)21(18-29)34-28(33)27(26)37-24(32)17-20(4)5/h19-21,25-29,33H,6-18H2,1-5H3/t21-,25-,26?,27-,28+/m1/s1. The molecule has 1 saturated heterocycles. The maximum absolute atomic E-state index is 12.8. The molecule has 1 fully saturated rings. The van der Waals surface area contributed by atoms with Crippen molar-refractivity contribution in [3.8, 4) is 0 Å². The Morgan fingerprint density at radius 3 is 1.65 bits per heavy atom. The minimum Gasteiger partial charge on any atom is -0.455 e. The SMILES string of the molecule is CCCCCCCCCCCC(=O)OC1[C@@H](OC(=O)CC(C)C)[C@@H](O)O[C@H](CO)[C@H]1OC(=O)CC(C)C. The van der Waals surface area contributed by atoms with Gasteiger partial charge in [-0.3, -0.25) is 14.4 Å². The summed E-state index contributed by atoms with van der Waals surface area (Å²) >= 11 is 0. The van der Waals surface area contributed by atoms with Crippen LogP contribution >= 0.6 is 0 Å². The van der Waals surface area contributed by atoms with Gasteiger partial charge in [0.1, 0.15) is 6.10 Å². The normalized spacial score (nSPS) is 23.8. The Labute approximate surface area is 222 Å². The molecule has 2 N–H and O–H groups in total. The van der Waals surface area contributed by atoms with E-state index in [1.807, 2.05) is 27.7 Å². The molecular formula is C28H50O9. The Bertz CT molecular complexity index is 664. The molecule has 0 aromatic heterocycles. The molecule has 9 heteroatoms. The summed E-state index contributed by atoms with van der Waals surface area (Å²) in [5.41, 5.74) is 0. The number of hydrogen-bond donors (Lipinski definition) is 2. The molecule has 1 unspecified atom stereocenters. The van der Waals surface area contributed by atoms with E-state index in [-0.39, 0.29) is 31.1 Å². The average Bonchev–Trinajstić information content (AvgIpc) is 2.80. The Balaban J connectivity index is 2.83. The fourth-order valence-electron chi connectivity index (χ4n) is 4.30. The van der Waals surface area contributed by atoms with Crippen molar-refractivity contribution < 1.29 is 43.5 Å². The van der Waals surface area contributed by atoms with Gasteiger partial charge in [0.25, 0.3) is 0 Å². The summed E-state index contributed by atoms with van der Waals surface area (Å²) in [6.07, 6.45) is 3.49. The highest BCUT2D eigenvalue weighted by Gasteiger charge is 2.51. The van der Waals surface area contributed by atoms with E-state index in [4.69, 9.17) is 18.9 Å². The maximum Gasteiger partial charge on any atom is 0.306 e. The lowest BCUT2D eigenvalue weighted by Gasteiger charge is -2.42. The summed E-state index contributed by atoms with van der Waals surface area (Å²) in [5, 5.41) is 20.4. The van der Waals surface area contributed by atoms with Crippen molar-refractivity contribution in [2.24, 2.45) is 11.8 Å². The van der Waals surface area contributed by atoms with Gasteiger partial charge in [0, 0.05) is 19.3 Å². The zero-order valence-electron chi connectivity index (χ0n) is 23.5. The third kappa shape index (κ3) is 13.6. The number of carbonyl (C=O) groups excluding carboxylic acids is 3. The highest BCUT2D eigenvalue weighted by Crippen LogP contribution is 2.29.